The molecule has 0 spiro atoms. The topological polar surface area (TPSA) is 95.6 Å². The summed E-state index contributed by atoms with van der Waals surface area (Å²) in [7, 11) is -3.87. The summed E-state index contributed by atoms with van der Waals surface area (Å²) in [6.45, 7) is 4.55. The van der Waals surface area contributed by atoms with Crippen molar-refractivity contribution >= 4 is 27.5 Å². The molecule has 0 aliphatic rings. The number of hydrogen-bond donors (Lipinski definition) is 2. The smallest absolute Gasteiger partial charge is 0.261 e. The number of amides is 2. The lowest BCUT2D eigenvalue weighted by molar-refractivity contribution is -0.130. The van der Waals surface area contributed by atoms with E-state index in [1.165, 1.54) is 24.3 Å². The Kier molecular flexibility index (Phi) is 7.84. The zero-order valence-electron chi connectivity index (χ0n) is 18.6. The van der Waals surface area contributed by atoms with Gasteiger partial charge in [-0.1, -0.05) is 54.1 Å². The molecule has 0 aliphatic carbocycles. The molecule has 0 atom stereocenters. The number of likely N-dealkylation sites (N-methyl/N-ethyl adjacent to an activating group) is 1. The van der Waals surface area contributed by atoms with Crippen LogP contribution in [0.5, 0.6) is 0 Å². The van der Waals surface area contributed by atoms with Crippen molar-refractivity contribution in [1.82, 2.24) is 10.2 Å². The van der Waals surface area contributed by atoms with Crippen LogP contribution in [0.1, 0.15) is 28.4 Å². The highest BCUT2D eigenvalue weighted by atomic mass is 32.2. The minimum atomic E-state index is -3.87. The van der Waals surface area contributed by atoms with E-state index in [0.717, 1.165) is 11.1 Å². The molecule has 0 fully saturated rings. The Morgan fingerprint density at radius 1 is 0.909 bits per heavy atom. The van der Waals surface area contributed by atoms with Crippen molar-refractivity contribution in [1.29, 1.82) is 0 Å². The van der Waals surface area contributed by atoms with Crippen LogP contribution in [0.15, 0.2) is 83.8 Å². The molecule has 172 valence electrons. The van der Waals surface area contributed by atoms with Crippen molar-refractivity contribution in [3.8, 4) is 0 Å². The van der Waals surface area contributed by atoms with Gasteiger partial charge in [0.2, 0.25) is 5.91 Å². The molecule has 2 N–H and O–H groups in total. The molecule has 0 saturated carbocycles. The highest BCUT2D eigenvalue weighted by Gasteiger charge is 2.18. The second-order valence-electron chi connectivity index (χ2n) is 7.58. The molecule has 0 unspecified atom stereocenters. The summed E-state index contributed by atoms with van der Waals surface area (Å²) in [5, 5.41) is 2.59. The molecule has 0 saturated heterocycles. The number of nitrogens with one attached hydrogen (secondary N) is 2. The van der Waals surface area contributed by atoms with Gasteiger partial charge >= 0.3 is 0 Å². The number of hydrogen-bond acceptors (Lipinski definition) is 4. The van der Waals surface area contributed by atoms with E-state index >= 15 is 0 Å². The molecule has 0 radical (unpaired) electrons. The zero-order valence-corrected chi connectivity index (χ0v) is 19.4. The van der Waals surface area contributed by atoms with Crippen LogP contribution in [0.2, 0.25) is 0 Å². The SMILES string of the molecule is CCN(Cc1ccccc1)C(=O)CNC(=O)c1cccc(S(=O)(=O)Nc2ccc(C)cc2)c1. The van der Waals surface area contributed by atoms with Gasteiger partial charge in [-0.2, -0.15) is 0 Å². The van der Waals surface area contributed by atoms with E-state index < -0.39 is 15.9 Å². The molecule has 0 aromatic heterocycles. The average Bonchev–Trinajstić information content (AvgIpc) is 2.83. The normalized spacial score (nSPS) is 11.0. The highest BCUT2D eigenvalue weighted by Crippen LogP contribution is 2.18. The lowest BCUT2D eigenvalue weighted by Crippen LogP contribution is -2.39. The third-order valence-corrected chi connectivity index (χ3v) is 6.44. The van der Waals surface area contributed by atoms with Crippen LogP contribution in [0, 0.1) is 6.92 Å². The second-order valence-corrected chi connectivity index (χ2v) is 9.26. The summed E-state index contributed by atoms with van der Waals surface area (Å²) in [6, 6.07) is 22.2. The number of rotatable bonds is 9. The van der Waals surface area contributed by atoms with Crippen molar-refractivity contribution < 1.29 is 18.0 Å². The Bertz CT molecular complexity index is 1210. The maximum Gasteiger partial charge on any atom is 0.261 e. The molecule has 2 amide bonds. The van der Waals surface area contributed by atoms with Crippen molar-refractivity contribution in [3.63, 3.8) is 0 Å². The van der Waals surface area contributed by atoms with E-state index in [4.69, 9.17) is 0 Å². The third kappa shape index (κ3) is 6.66. The molecule has 3 aromatic rings. The number of aryl methyl sites for hydroxylation is 1. The van der Waals surface area contributed by atoms with Crippen molar-refractivity contribution in [2.75, 3.05) is 17.8 Å². The molecule has 8 heteroatoms. The van der Waals surface area contributed by atoms with E-state index in [9.17, 15) is 18.0 Å². The van der Waals surface area contributed by atoms with Gasteiger partial charge in [0, 0.05) is 24.3 Å². The summed E-state index contributed by atoms with van der Waals surface area (Å²) < 4.78 is 28.0. The van der Waals surface area contributed by atoms with Gasteiger partial charge < -0.3 is 10.2 Å². The van der Waals surface area contributed by atoms with Gasteiger partial charge in [0.1, 0.15) is 0 Å². The van der Waals surface area contributed by atoms with Crippen molar-refractivity contribution in [2.45, 2.75) is 25.3 Å². The second kappa shape index (κ2) is 10.8. The summed E-state index contributed by atoms with van der Waals surface area (Å²) >= 11 is 0. The number of sulfonamides is 1. The minimum Gasteiger partial charge on any atom is -0.343 e. The Morgan fingerprint density at radius 2 is 1.61 bits per heavy atom. The molecular formula is C25H27N3O4S. The van der Waals surface area contributed by atoms with Gasteiger partial charge in [0.15, 0.2) is 0 Å². The standard InChI is InChI=1S/C25H27N3O4S/c1-3-28(18-20-8-5-4-6-9-20)24(29)17-26-25(30)21-10-7-11-23(16-21)33(31,32)27-22-14-12-19(2)13-15-22/h4-16,27H,3,17-18H2,1-2H3,(H,26,30). The molecule has 3 aromatic carbocycles. The van der Waals surface area contributed by atoms with Gasteiger partial charge in [0.05, 0.1) is 11.4 Å². The van der Waals surface area contributed by atoms with Crippen LogP contribution in [0.25, 0.3) is 0 Å². The van der Waals surface area contributed by atoms with Crippen LogP contribution < -0.4 is 10.0 Å². The van der Waals surface area contributed by atoms with E-state index in [1.54, 1.807) is 29.2 Å². The van der Waals surface area contributed by atoms with Crippen LogP contribution >= 0.6 is 0 Å². The van der Waals surface area contributed by atoms with Gasteiger partial charge in [0.25, 0.3) is 15.9 Å². The van der Waals surface area contributed by atoms with Gasteiger partial charge in [-0.15, -0.1) is 0 Å². The maximum absolute atomic E-state index is 12.7. The number of carbonyl (C=O) groups excluding carboxylic acids is 2. The molecule has 0 bridgehead atoms. The Hall–Kier alpha value is -3.65. The first-order valence-electron chi connectivity index (χ1n) is 10.6. The molecule has 0 heterocycles. The highest BCUT2D eigenvalue weighted by molar-refractivity contribution is 7.92. The first kappa shape index (κ1) is 24.0. The fraction of sp³-hybridized carbons (Fsp3) is 0.200. The summed E-state index contributed by atoms with van der Waals surface area (Å²) in [5.74, 6) is -0.744. The number of nitrogens with zero attached hydrogens (tertiary/aromatic N) is 1. The predicted molar refractivity (Wildman–Crippen MR) is 128 cm³/mol. The lowest BCUT2D eigenvalue weighted by Gasteiger charge is -2.21. The fourth-order valence-corrected chi connectivity index (χ4v) is 4.29. The van der Waals surface area contributed by atoms with Gasteiger partial charge in [-0.25, -0.2) is 8.42 Å². The van der Waals surface area contributed by atoms with Crippen LogP contribution in [0.3, 0.4) is 0 Å². The number of anilines is 1. The van der Waals surface area contributed by atoms with E-state index in [0.29, 0.717) is 18.8 Å². The monoisotopic (exact) mass is 465 g/mol. The van der Waals surface area contributed by atoms with Crippen LogP contribution in [-0.4, -0.2) is 38.2 Å². The number of benzene rings is 3. The summed E-state index contributed by atoms with van der Waals surface area (Å²) in [6.07, 6.45) is 0. The van der Waals surface area contributed by atoms with E-state index in [1.807, 2.05) is 44.2 Å². The lowest BCUT2D eigenvalue weighted by atomic mass is 10.2. The van der Waals surface area contributed by atoms with Crippen molar-refractivity contribution in [2.24, 2.45) is 0 Å². The van der Waals surface area contributed by atoms with Crippen molar-refractivity contribution in [3.05, 3.63) is 95.6 Å². The largest absolute Gasteiger partial charge is 0.343 e. The quantitative estimate of drug-likeness (QED) is 0.505. The summed E-state index contributed by atoms with van der Waals surface area (Å²) in [5.41, 5.74) is 2.59. The zero-order chi connectivity index (χ0) is 23.8. The molecule has 7 nitrogen and oxygen atoms in total. The Labute approximate surface area is 194 Å². The molecule has 33 heavy (non-hydrogen) atoms. The molecule has 3 rings (SSSR count). The number of carbonyl (C=O) groups is 2. The average molecular weight is 466 g/mol. The van der Waals surface area contributed by atoms with Gasteiger partial charge in [-0.05, 0) is 49.7 Å². The Morgan fingerprint density at radius 3 is 2.27 bits per heavy atom. The van der Waals surface area contributed by atoms with Gasteiger partial charge in [-0.3, -0.25) is 14.3 Å². The van der Waals surface area contributed by atoms with E-state index in [-0.39, 0.29) is 22.9 Å². The first-order valence-corrected chi connectivity index (χ1v) is 12.1. The summed E-state index contributed by atoms with van der Waals surface area (Å²) in [4.78, 5) is 26.8. The van der Waals surface area contributed by atoms with Crippen LogP contribution in [0.4, 0.5) is 5.69 Å². The van der Waals surface area contributed by atoms with Crippen LogP contribution in [-0.2, 0) is 21.4 Å². The maximum atomic E-state index is 12.7. The predicted octanol–water partition coefficient (Wildman–Crippen LogP) is 3.57. The minimum absolute atomic E-state index is 0.0405. The fourth-order valence-electron chi connectivity index (χ4n) is 3.19. The molecular weight excluding hydrogens is 438 g/mol. The molecule has 0 aliphatic heterocycles. The third-order valence-electron chi connectivity index (χ3n) is 5.06. The first-order chi connectivity index (χ1) is 15.8. The van der Waals surface area contributed by atoms with E-state index in [2.05, 4.69) is 10.0 Å². The Balaban J connectivity index is 1.64.